The van der Waals surface area contributed by atoms with E-state index in [1.807, 2.05) is 12.1 Å². The Kier molecular flexibility index (Phi) is 6.98. The monoisotopic (exact) mass is 762 g/mol. The fourth-order valence-electron chi connectivity index (χ4n) is 9.88. The fraction of sp³-hybridized carbons (Fsp3) is 0. The minimum Gasteiger partial charge on any atom is -0.309 e. The highest BCUT2D eigenvalue weighted by Gasteiger charge is 2.21. The van der Waals surface area contributed by atoms with Crippen molar-refractivity contribution in [3.05, 3.63) is 206 Å². The van der Waals surface area contributed by atoms with Crippen LogP contribution < -0.4 is 0 Å². The van der Waals surface area contributed by atoms with Crippen LogP contribution in [0.1, 0.15) is 0 Å². The van der Waals surface area contributed by atoms with Gasteiger partial charge >= 0.3 is 0 Å². The smallest absolute Gasteiger partial charge is 0.160 e. The second-order valence-electron chi connectivity index (χ2n) is 15.7. The van der Waals surface area contributed by atoms with Crippen molar-refractivity contribution in [3.8, 4) is 34.0 Å². The van der Waals surface area contributed by atoms with E-state index in [4.69, 9.17) is 9.97 Å². The lowest BCUT2D eigenvalue weighted by Gasteiger charge is -2.17. The number of hydrogen-bond donors (Lipinski definition) is 0. The first-order chi connectivity index (χ1) is 29.8. The maximum Gasteiger partial charge on any atom is 0.160 e. The quantitative estimate of drug-likeness (QED) is 0.167. The number of rotatable bonds is 4. The molecule has 0 saturated heterocycles. The van der Waals surface area contributed by atoms with E-state index >= 15 is 0 Å². The average molecular weight is 763 g/mol. The van der Waals surface area contributed by atoms with E-state index in [-0.39, 0.29) is 0 Å². The highest BCUT2D eigenvalue weighted by atomic mass is 15.0. The number of aromatic nitrogens is 4. The molecule has 0 amide bonds. The van der Waals surface area contributed by atoms with Crippen LogP contribution in [0.5, 0.6) is 0 Å². The standard InChI is InChI=1S/C56H34N4/c1-3-16-35(17-4-1)55-44-24-9-12-26-48(44)57-56(58-55)36-30-31-39-43-25-15-29-51(54(43)42-23-8-7-20-38(42)45(39)32-36)60-50-28-14-11-22-41(50)47-33-46-40-21-10-13-27-49(40)59(52(46)34-53(47)60)37-18-5-2-6-19-37/h1-34H. The van der Waals surface area contributed by atoms with Crippen LogP contribution in [0.4, 0.5) is 0 Å². The van der Waals surface area contributed by atoms with E-state index in [0.717, 1.165) is 44.9 Å². The molecule has 0 aliphatic carbocycles. The van der Waals surface area contributed by atoms with Crippen LogP contribution >= 0.6 is 0 Å². The lowest BCUT2D eigenvalue weighted by molar-refractivity contribution is 1.17. The van der Waals surface area contributed by atoms with Crippen LogP contribution in [0.25, 0.3) is 121 Å². The van der Waals surface area contributed by atoms with E-state index in [1.165, 1.54) is 75.9 Å². The predicted octanol–water partition coefficient (Wildman–Crippen LogP) is 14.6. The Labute approximate surface area is 344 Å². The van der Waals surface area contributed by atoms with Crippen LogP contribution in [0.2, 0.25) is 0 Å². The Balaban J connectivity index is 1.09. The molecule has 0 unspecified atom stereocenters. The summed E-state index contributed by atoms with van der Waals surface area (Å²) < 4.78 is 4.91. The Morgan fingerprint density at radius 1 is 0.300 bits per heavy atom. The van der Waals surface area contributed by atoms with Crippen molar-refractivity contribution in [3.63, 3.8) is 0 Å². The molecule has 0 aliphatic heterocycles. The molecule has 4 nitrogen and oxygen atoms in total. The van der Waals surface area contributed by atoms with Crippen LogP contribution in [0.3, 0.4) is 0 Å². The van der Waals surface area contributed by atoms with Gasteiger partial charge in [-0.15, -0.1) is 0 Å². The van der Waals surface area contributed by atoms with Gasteiger partial charge in [-0.3, -0.25) is 0 Å². The molecule has 0 aliphatic rings. The molecule has 4 heteroatoms. The van der Waals surface area contributed by atoms with Gasteiger partial charge in [0.15, 0.2) is 5.82 Å². The summed E-state index contributed by atoms with van der Waals surface area (Å²) in [6, 6.07) is 74.4. The van der Waals surface area contributed by atoms with Crippen LogP contribution in [-0.4, -0.2) is 19.1 Å². The Morgan fingerprint density at radius 2 is 0.867 bits per heavy atom. The maximum absolute atomic E-state index is 5.24. The first-order valence-corrected chi connectivity index (χ1v) is 20.5. The molecule has 13 aromatic rings. The van der Waals surface area contributed by atoms with Crippen LogP contribution in [-0.2, 0) is 0 Å². The first-order valence-electron chi connectivity index (χ1n) is 20.5. The molecule has 0 fully saturated rings. The molecule has 0 N–H and O–H groups in total. The lowest BCUT2D eigenvalue weighted by atomic mass is 9.92. The van der Waals surface area contributed by atoms with E-state index in [2.05, 4.69) is 203 Å². The summed E-state index contributed by atoms with van der Waals surface area (Å²) in [5, 5.41) is 13.3. The Hall–Kier alpha value is -8.08. The van der Waals surface area contributed by atoms with Crippen LogP contribution in [0, 0.1) is 0 Å². The summed E-state index contributed by atoms with van der Waals surface area (Å²) >= 11 is 0. The topological polar surface area (TPSA) is 35.6 Å². The van der Waals surface area contributed by atoms with Gasteiger partial charge in [-0.1, -0.05) is 152 Å². The number of para-hydroxylation sites is 4. The van der Waals surface area contributed by atoms with Gasteiger partial charge in [0.25, 0.3) is 0 Å². The molecule has 0 bridgehead atoms. The summed E-state index contributed by atoms with van der Waals surface area (Å²) in [6.07, 6.45) is 0. The van der Waals surface area contributed by atoms with Gasteiger partial charge in [0.2, 0.25) is 0 Å². The normalized spacial score (nSPS) is 12.0. The number of nitrogens with zero attached hydrogens (tertiary/aromatic N) is 4. The van der Waals surface area contributed by atoms with Gasteiger partial charge in [-0.25, -0.2) is 9.97 Å². The van der Waals surface area contributed by atoms with Crippen molar-refractivity contribution >= 4 is 86.8 Å². The molecule has 3 aromatic heterocycles. The van der Waals surface area contributed by atoms with Crippen molar-refractivity contribution in [1.82, 2.24) is 19.1 Å². The molecule has 0 spiro atoms. The molecule has 0 saturated carbocycles. The van der Waals surface area contributed by atoms with E-state index < -0.39 is 0 Å². The third-order valence-electron chi connectivity index (χ3n) is 12.5. The zero-order valence-electron chi connectivity index (χ0n) is 32.4. The van der Waals surface area contributed by atoms with Gasteiger partial charge in [0.05, 0.1) is 39.0 Å². The Morgan fingerprint density at radius 3 is 1.62 bits per heavy atom. The largest absolute Gasteiger partial charge is 0.309 e. The minimum absolute atomic E-state index is 0.719. The molecule has 0 radical (unpaired) electrons. The molecule has 10 aromatic carbocycles. The Bertz CT molecular complexity index is 3850. The summed E-state index contributed by atoms with van der Waals surface area (Å²) in [7, 11) is 0. The van der Waals surface area contributed by atoms with Gasteiger partial charge in [0, 0.05) is 49.1 Å². The summed E-state index contributed by atoms with van der Waals surface area (Å²) in [6.45, 7) is 0. The fourth-order valence-corrected chi connectivity index (χ4v) is 9.88. The zero-order valence-corrected chi connectivity index (χ0v) is 32.4. The summed E-state index contributed by atoms with van der Waals surface area (Å²) in [5.74, 6) is 0.719. The number of hydrogen-bond acceptors (Lipinski definition) is 2. The zero-order chi connectivity index (χ0) is 39.3. The van der Waals surface area contributed by atoms with Crippen molar-refractivity contribution in [2.24, 2.45) is 0 Å². The van der Waals surface area contributed by atoms with Crippen molar-refractivity contribution < 1.29 is 0 Å². The van der Waals surface area contributed by atoms with E-state index in [0.29, 0.717) is 0 Å². The molecule has 0 atom stereocenters. The summed E-state index contributed by atoms with van der Waals surface area (Å²) in [4.78, 5) is 10.4. The third kappa shape index (κ3) is 4.73. The third-order valence-corrected chi connectivity index (χ3v) is 12.5. The second kappa shape index (κ2) is 12.7. The first kappa shape index (κ1) is 32.9. The van der Waals surface area contributed by atoms with Crippen molar-refractivity contribution in [2.45, 2.75) is 0 Å². The molecule has 13 rings (SSSR count). The van der Waals surface area contributed by atoms with Gasteiger partial charge in [0.1, 0.15) is 0 Å². The highest BCUT2D eigenvalue weighted by molar-refractivity contribution is 6.28. The number of fused-ring (bicyclic) bond motifs is 13. The van der Waals surface area contributed by atoms with Crippen molar-refractivity contribution in [1.29, 1.82) is 0 Å². The molecule has 3 heterocycles. The van der Waals surface area contributed by atoms with Crippen LogP contribution in [0.15, 0.2) is 206 Å². The molecule has 60 heavy (non-hydrogen) atoms. The maximum atomic E-state index is 5.24. The predicted molar refractivity (Wildman–Crippen MR) is 252 cm³/mol. The highest BCUT2D eigenvalue weighted by Crippen LogP contribution is 2.44. The van der Waals surface area contributed by atoms with Gasteiger partial charge < -0.3 is 9.13 Å². The lowest BCUT2D eigenvalue weighted by Crippen LogP contribution is -1.98. The SMILES string of the molecule is c1ccc(-c2nc(-c3ccc4c(c3)c3ccccc3c3c(-n5c6ccccc6c6cc7c8ccccc8n(-c8ccccc8)c7cc65)cccc43)nc3ccccc23)cc1. The molecular weight excluding hydrogens is 729 g/mol. The summed E-state index contributed by atoms with van der Waals surface area (Å²) in [5.41, 5.74) is 11.0. The average Bonchev–Trinajstić information content (AvgIpc) is 3.82. The van der Waals surface area contributed by atoms with Gasteiger partial charge in [-0.05, 0) is 81.5 Å². The van der Waals surface area contributed by atoms with E-state index in [1.54, 1.807) is 0 Å². The number of benzene rings is 10. The van der Waals surface area contributed by atoms with Gasteiger partial charge in [-0.2, -0.15) is 0 Å². The molecular formula is C56H34N4. The molecule has 278 valence electrons. The van der Waals surface area contributed by atoms with E-state index in [9.17, 15) is 0 Å². The minimum atomic E-state index is 0.719. The van der Waals surface area contributed by atoms with Crippen molar-refractivity contribution in [2.75, 3.05) is 0 Å². The second-order valence-corrected chi connectivity index (χ2v) is 15.7.